The van der Waals surface area contributed by atoms with E-state index in [1.54, 1.807) is 0 Å². The molecular weight excluding hydrogens is 134 g/mol. The van der Waals surface area contributed by atoms with Gasteiger partial charge >= 0.3 is 0 Å². The third-order valence-electron chi connectivity index (χ3n) is 1.72. The summed E-state index contributed by atoms with van der Waals surface area (Å²) >= 11 is 0. The van der Waals surface area contributed by atoms with Crippen LogP contribution in [-0.2, 0) is 0 Å². The summed E-state index contributed by atoms with van der Waals surface area (Å²) in [6.07, 6.45) is 9.13. The van der Waals surface area contributed by atoms with E-state index in [4.69, 9.17) is 0 Å². The van der Waals surface area contributed by atoms with Crippen molar-refractivity contribution >= 4 is 6.21 Å². The monoisotopic (exact) mass is 149 g/mol. The third kappa shape index (κ3) is 2.34. The lowest BCUT2D eigenvalue weighted by atomic mass is 9.87. The Labute approximate surface area is 68.5 Å². The summed E-state index contributed by atoms with van der Waals surface area (Å²) in [5, 5.41) is 0. The van der Waals surface area contributed by atoms with Crippen LogP contribution in [-0.4, -0.2) is 6.21 Å². The van der Waals surface area contributed by atoms with Gasteiger partial charge in [0, 0.05) is 18.8 Å². The van der Waals surface area contributed by atoms with E-state index in [0.717, 1.165) is 6.42 Å². The second-order valence-corrected chi connectivity index (χ2v) is 3.80. The summed E-state index contributed by atoms with van der Waals surface area (Å²) < 4.78 is 0. The Morgan fingerprint density at radius 2 is 2.09 bits per heavy atom. The van der Waals surface area contributed by atoms with Gasteiger partial charge in [0.1, 0.15) is 0 Å². The maximum atomic E-state index is 4.17. The molecule has 0 unspecified atom stereocenters. The van der Waals surface area contributed by atoms with E-state index < -0.39 is 0 Å². The molecule has 11 heavy (non-hydrogen) atoms. The van der Waals surface area contributed by atoms with Gasteiger partial charge < -0.3 is 0 Å². The normalized spacial score (nSPS) is 17.9. The number of hydrogen-bond acceptors (Lipinski definition) is 1. The predicted molar refractivity (Wildman–Crippen MR) is 49.8 cm³/mol. The molecule has 0 atom stereocenters. The lowest BCUT2D eigenvalue weighted by Crippen LogP contribution is -2.06. The number of hydrogen-bond donors (Lipinski definition) is 0. The Morgan fingerprint density at radius 1 is 1.36 bits per heavy atom. The van der Waals surface area contributed by atoms with Crippen LogP contribution in [0.15, 0.2) is 28.9 Å². The minimum atomic E-state index is 0.220. The van der Waals surface area contributed by atoms with Gasteiger partial charge in [-0.15, -0.1) is 0 Å². The minimum Gasteiger partial charge on any atom is -0.268 e. The minimum absolute atomic E-state index is 0.220. The molecule has 0 aliphatic carbocycles. The smallest absolute Gasteiger partial charge is 0.0301 e. The SMILES string of the molecule is CC(C)(C)C1=CN=CCC=C1. The first-order valence-corrected chi connectivity index (χ1v) is 3.99. The van der Waals surface area contributed by atoms with Crippen LogP contribution in [0.4, 0.5) is 0 Å². The number of aliphatic imine (C=N–C) groups is 1. The summed E-state index contributed by atoms with van der Waals surface area (Å²) in [6, 6.07) is 0. The Kier molecular flexibility index (Phi) is 2.28. The van der Waals surface area contributed by atoms with E-state index in [9.17, 15) is 0 Å². The van der Waals surface area contributed by atoms with Crippen molar-refractivity contribution in [2.75, 3.05) is 0 Å². The zero-order valence-electron chi connectivity index (χ0n) is 7.46. The molecule has 0 aromatic heterocycles. The Balaban J connectivity index is 2.86. The van der Waals surface area contributed by atoms with E-state index in [1.807, 2.05) is 12.4 Å². The van der Waals surface area contributed by atoms with Crippen molar-refractivity contribution in [1.82, 2.24) is 0 Å². The summed E-state index contributed by atoms with van der Waals surface area (Å²) in [6.45, 7) is 6.60. The molecule has 1 nitrogen and oxygen atoms in total. The number of nitrogens with zero attached hydrogens (tertiary/aromatic N) is 1. The molecule has 0 saturated heterocycles. The van der Waals surface area contributed by atoms with Gasteiger partial charge in [0.25, 0.3) is 0 Å². The van der Waals surface area contributed by atoms with Gasteiger partial charge in [0.2, 0.25) is 0 Å². The fourth-order valence-electron chi connectivity index (χ4n) is 0.936. The zero-order chi connectivity index (χ0) is 8.32. The molecule has 1 aliphatic rings. The summed E-state index contributed by atoms with van der Waals surface area (Å²) in [7, 11) is 0. The highest BCUT2D eigenvalue weighted by atomic mass is 14.7. The topological polar surface area (TPSA) is 12.4 Å². The number of rotatable bonds is 0. The van der Waals surface area contributed by atoms with E-state index in [2.05, 4.69) is 37.9 Å². The highest BCUT2D eigenvalue weighted by Crippen LogP contribution is 2.26. The van der Waals surface area contributed by atoms with Crippen molar-refractivity contribution in [3.63, 3.8) is 0 Å². The lowest BCUT2D eigenvalue weighted by molar-refractivity contribution is 0.516. The average Bonchev–Trinajstić information content (AvgIpc) is 2.10. The molecule has 1 heterocycles. The second-order valence-electron chi connectivity index (χ2n) is 3.80. The van der Waals surface area contributed by atoms with E-state index in [1.165, 1.54) is 5.57 Å². The first kappa shape index (κ1) is 8.25. The second kappa shape index (κ2) is 3.04. The van der Waals surface area contributed by atoms with Crippen LogP contribution < -0.4 is 0 Å². The summed E-state index contributed by atoms with van der Waals surface area (Å²) in [5.41, 5.74) is 1.52. The highest BCUT2D eigenvalue weighted by molar-refractivity contribution is 5.61. The van der Waals surface area contributed by atoms with Gasteiger partial charge in [-0.05, 0) is 11.0 Å². The maximum Gasteiger partial charge on any atom is 0.0301 e. The molecule has 0 fully saturated rings. The van der Waals surface area contributed by atoms with Crippen LogP contribution in [0.1, 0.15) is 27.2 Å². The lowest BCUT2D eigenvalue weighted by Gasteiger charge is -2.18. The largest absolute Gasteiger partial charge is 0.268 e. The van der Waals surface area contributed by atoms with Gasteiger partial charge in [-0.25, -0.2) is 0 Å². The molecule has 60 valence electrons. The standard InChI is InChI=1S/C10H15N/c1-10(2,3)9-6-4-5-7-11-8-9/h4,6-8H,5H2,1-3H3. The molecule has 0 spiro atoms. The Bertz CT molecular complexity index is 214. The van der Waals surface area contributed by atoms with Crippen molar-refractivity contribution in [2.24, 2.45) is 10.4 Å². The van der Waals surface area contributed by atoms with Gasteiger partial charge in [-0.1, -0.05) is 32.9 Å². The van der Waals surface area contributed by atoms with Crippen molar-refractivity contribution in [1.29, 1.82) is 0 Å². The highest BCUT2D eigenvalue weighted by Gasteiger charge is 2.14. The van der Waals surface area contributed by atoms with Crippen LogP contribution in [0.5, 0.6) is 0 Å². The van der Waals surface area contributed by atoms with Crippen molar-refractivity contribution in [3.8, 4) is 0 Å². The molecule has 1 rings (SSSR count). The quantitative estimate of drug-likeness (QED) is 0.502. The summed E-state index contributed by atoms with van der Waals surface area (Å²) in [5.74, 6) is 0. The molecule has 0 radical (unpaired) electrons. The van der Waals surface area contributed by atoms with Gasteiger partial charge in [-0.3, -0.25) is 4.99 Å². The first-order valence-electron chi connectivity index (χ1n) is 3.99. The third-order valence-corrected chi connectivity index (χ3v) is 1.72. The van der Waals surface area contributed by atoms with Crippen LogP contribution in [0.3, 0.4) is 0 Å². The molecule has 0 bridgehead atoms. The van der Waals surface area contributed by atoms with Crippen LogP contribution in [0.2, 0.25) is 0 Å². The zero-order valence-corrected chi connectivity index (χ0v) is 7.46. The first-order chi connectivity index (χ1) is 5.11. The average molecular weight is 149 g/mol. The van der Waals surface area contributed by atoms with E-state index in [-0.39, 0.29) is 5.41 Å². The molecule has 0 aromatic carbocycles. The Morgan fingerprint density at radius 3 is 2.73 bits per heavy atom. The van der Waals surface area contributed by atoms with Crippen LogP contribution in [0.25, 0.3) is 0 Å². The van der Waals surface area contributed by atoms with E-state index >= 15 is 0 Å². The van der Waals surface area contributed by atoms with Crippen LogP contribution >= 0.6 is 0 Å². The molecule has 0 N–H and O–H groups in total. The van der Waals surface area contributed by atoms with E-state index in [0.29, 0.717) is 0 Å². The Hall–Kier alpha value is -0.850. The van der Waals surface area contributed by atoms with Crippen LogP contribution in [0, 0.1) is 5.41 Å². The van der Waals surface area contributed by atoms with Gasteiger partial charge in [0.05, 0.1) is 0 Å². The van der Waals surface area contributed by atoms with Crippen molar-refractivity contribution in [2.45, 2.75) is 27.2 Å². The maximum absolute atomic E-state index is 4.17. The molecular formula is C10H15N. The predicted octanol–water partition coefficient (Wildman–Crippen LogP) is 2.95. The molecule has 0 saturated carbocycles. The van der Waals surface area contributed by atoms with Crippen molar-refractivity contribution in [3.05, 3.63) is 23.9 Å². The van der Waals surface area contributed by atoms with Crippen molar-refractivity contribution < 1.29 is 0 Å². The molecule has 1 aliphatic heterocycles. The molecule has 0 amide bonds. The number of allylic oxidation sites excluding steroid dienone is 3. The summed E-state index contributed by atoms with van der Waals surface area (Å²) in [4.78, 5) is 4.17. The molecule has 1 heteroatoms. The van der Waals surface area contributed by atoms with Gasteiger partial charge in [0.15, 0.2) is 0 Å². The molecule has 0 aromatic rings. The van der Waals surface area contributed by atoms with Gasteiger partial charge in [-0.2, -0.15) is 0 Å². The fourth-order valence-corrected chi connectivity index (χ4v) is 0.936. The fraction of sp³-hybridized carbons (Fsp3) is 0.500.